The van der Waals surface area contributed by atoms with E-state index in [-0.39, 0.29) is 48.5 Å². The van der Waals surface area contributed by atoms with E-state index in [1.165, 1.54) is 45.9 Å². The Hall–Kier alpha value is -2.85. The van der Waals surface area contributed by atoms with Crippen LogP contribution in [-0.2, 0) is 14.8 Å². The second-order valence-electron chi connectivity index (χ2n) is 7.59. The summed E-state index contributed by atoms with van der Waals surface area (Å²) in [6.45, 7) is 4.22. The van der Waals surface area contributed by atoms with Gasteiger partial charge in [0.25, 0.3) is 5.91 Å². The number of carbonyl (C=O) groups is 2. The lowest BCUT2D eigenvalue weighted by molar-refractivity contribution is -0.135. The van der Waals surface area contributed by atoms with E-state index in [9.17, 15) is 22.4 Å². The first-order chi connectivity index (χ1) is 14.7. The number of amides is 2. The van der Waals surface area contributed by atoms with Gasteiger partial charge < -0.3 is 10.2 Å². The Morgan fingerprint density at radius 2 is 1.74 bits per heavy atom. The molecule has 1 aromatic carbocycles. The molecule has 1 atom stereocenters. The van der Waals surface area contributed by atoms with Gasteiger partial charge in [-0.25, -0.2) is 12.8 Å². The third kappa shape index (κ3) is 5.08. The summed E-state index contributed by atoms with van der Waals surface area (Å²) in [5, 5.41) is 2.63. The molecule has 0 spiro atoms. The van der Waals surface area contributed by atoms with Crippen molar-refractivity contribution in [3.05, 3.63) is 60.2 Å². The Kier molecular flexibility index (Phi) is 7.01. The van der Waals surface area contributed by atoms with Gasteiger partial charge in [0.1, 0.15) is 16.8 Å². The third-order valence-corrected chi connectivity index (χ3v) is 7.04. The maximum Gasteiger partial charge on any atom is 0.254 e. The zero-order valence-electron chi connectivity index (χ0n) is 17.4. The van der Waals surface area contributed by atoms with Crippen LogP contribution in [0.1, 0.15) is 24.2 Å². The SMILES string of the molecule is CC(C)[C@@H](NC(=O)c1ccccc1F)C(=O)N1CCN(S(=O)(=O)c2cccnc2)CC1. The molecule has 8 nitrogen and oxygen atoms in total. The van der Waals surface area contributed by atoms with Crippen LogP contribution in [0.2, 0.25) is 0 Å². The average Bonchev–Trinajstić information content (AvgIpc) is 2.77. The van der Waals surface area contributed by atoms with Crippen LogP contribution < -0.4 is 5.32 Å². The smallest absolute Gasteiger partial charge is 0.254 e. The molecule has 1 aromatic heterocycles. The summed E-state index contributed by atoms with van der Waals surface area (Å²) in [4.78, 5) is 31.0. The molecule has 2 amide bonds. The van der Waals surface area contributed by atoms with Gasteiger partial charge in [0.15, 0.2) is 0 Å². The van der Waals surface area contributed by atoms with Gasteiger partial charge in [0.2, 0.25) is 15.9 Å². The summed E-state index contributed by atoms with van der Waals surface area (Å²) < 4.78 is 40.7. The zero-order chi connectivity index (χ0) is 22.6. The molecule has 10 heteroatoms. The van der Waals surface area contributed by atoms with Gasteiger partial charge in [-0.1, -0.05) is 26.0 Å². The van der Waals surface area contributed by atoms with Gasteiger partial charge in [-0.15, -0.1) is 0 Å². The Balaban J connectivity index is 1.66. The molecule has 1 aliphatic rings. The van der Waals surface area contributed by atoms with Crippen LogP contribution in [0.3, 0.4) is 0 Å². The summed E-state index contributed by atoms with van der Waals surface area (Å²) in [6.07, 6.45) is 2.79. The van der Waals surface area contributed by atoms with E-state index in [0.717, 1.165) is 0 Å². The largest absolute Gasteiger partial charge is 0.340 e. The van der Waals surface area contributed by atoms with Crippen molar-refractivity contribution < 1.29 is 22.4 Å². The number of pyridine rings is 1. The first-order valence-electron chi connectivity index (χ1n) is 9.96. The molecule has 1 N–H and O–H groups in total. The molecule has 3 rings (SSSR count). The van der Waals surface area contributed by atoms with E-state index >= 15 is 0 Å². The molecule has 0 unspecified atom stereocenters. The second-order valence-corrected chi connectivity index (χ2v) is 9.53. The number of sulfonamides is 1. The van der Waals surface area contributed by atoms with Crippen LogP contribution >= 0.6 is 0 Å². The molecule has 1 fully saturated rings. The normalized spacial score (nSPS) is 16.2. The number of piperazine rings is 1. The molecule has 0 radical (unpaired) electrons. The molecular weight excluding hydrogens is 423 g/mol. The van der Waals surface area contributed by atoms with Crippen LogP contribution in [-0.4, -0.2) is 66.6 Å². The minimum atomic E-state index is -3.69. The van der Waals surface area contributed by atoms with Crippen molar-refractivity contribution in [1.82, 2.24) is 19.5 Å². The number of hydrogen-bond acceptors (Lipinski definition) is 5. The average molecular weight is 449 g/mol. The van der Waals surface area contributed by atoms with Crippen LogP contribution in [0.5, 0.6) is 0 Å². The van der Waals surface area contributed by atoms with Crippen molar-refractivity contribution in [2.75, 3.05) is 26.2 Å². The third-order valence-electron chi connectivity index (χ3n) is 5.16. The minimum Gasteiger partial charge on any atom is -0.340 e. The fourth-order valence-electron chi connectivity index (χ4n) is 3.37. The highest BCUT2D eigenvalue weighted by atomic mass is 32.2. The molecule has 1 saturated heterocycles. The Morgan fingerprint density at radius 3 is 2.32 bits per heavy atom. The van der Waals surface area contributed by atoms with Gasteiger partial charge in [0, 0.05) is 38.6 Å². The van der Waals surface area contributed by atoms with E-state index in [2.05, 4.69) is 10.3 Å². The Morgan fingerprint density at radius 1 is 1.06 bits per heavy atom. The summed E-state index contributed by atoms with van der Waals surface area (Å²) in [5.74, 6) is -1.88. The molecule has 2 heterocycles. The lowest BCUT2D eigenvalue weighted by Gasteiger charge is -2.36. The van der Waals surface area contributed by atoms with Gasteiger partial charge >= 0.3 is 0 Å². The fraction of sp³-hybridized carbons (Fsp3) is 0.381. The number of rotatable bonds is 6. The van der Waals surface area contributed by atoms with Gasteiger partial charge in [0.05, 0.1) is 5.56 Å². The molecule has 166 valence electrons. The molecule has 2 aromatic rings. The monoisotopic (exact) mass is 448 g/mol. The summed E-state index contributed by atoms with van der Waals surface area (Å²) >= 11 is 0. The zero-order valence-corrected chi connectivity index (χ0v) is 18.2. The highest BCUT2D eigenvalue weighted by molar-refractivity contribution is 7.89. The van der Waals surface area contributed by atoms with Gasteiger partial charge in [-0.3, -0.25) is 14.6 Å². The van der Waals surface area contributed by atoms with Crippen molar-refractivity contribution >= 4 is 21.8 Å². The Labute approximate surface area is 181 Å². The van der Waals surface area contributed by atoms with Crippen molar-refractivity contribution in [1.29, 1.82) is 0 Å². The lowest BCUT2D eigenvalue weighted by atomic mass is 10.0. The topological polar surface area (TPSA) is 99.7 Å². The predicted octanol–water partition coefficient (Wildman–Crippen LogP) is 1.51. The number of aromatic nitrogens is 1. The number of hydrogen-bond donors (Lipinski definition) is 1. The number of halogens is 1. The van der Waals surface area contributed by atoms with Crippen LogP contribution in [0.15, 0.2) is 53.7 Å². The van der Waals surface area contributed by atoms with Crippen LogP contribution in [0, 0.1) is 11.7 Å². The van der Waals surface area contributed by atoms with Crippen molar-refractivity contribution in [3.8, 4) is 0 Å². The standard InChI is InChI=1S/C21H25FN4O4S/c1-15(2)19(24-20(27)17-7-3-4-8-18(17)22)21(28)25-10-12-26(13-11-25)31(29,30)16-6-5-9-23-14-16/h3-9,14-15,19H,10-13H2,1-2H3,(H,24,27)/t19-/m1/s1. The second kappa shape index (κ2) is 9.52. The number of nitrogens with one attached hydrogen (secondary N) is 1. The van der Waals surface area contributed by atoms with Crippen LogP contribution in [0.4, 0.5) is 4.39 Å². The maximum atomic E-state index is 13.9. The molecular formula is C21H25FN4O4S. The van der Waals surface area contributed by atoms with Crippen LogP contribution in [0.25, 0.3) is 0 Å². The number of carbonyl (C=O) groups excluding carboxylic acids is 2. The highest BCUT2D eigenvalue weighted by Gasteiger charge is 2.34. The first-order valence-corrected chi connectivity index (χ1v) is 11.4. The summed E-state index contributed by atoms with van der Waals surface area (Å²) in [6, 6.07) is 7.75. The number of benzene rings is 1. The van der Waals surface area contributed by atoms with Gasteiger partial charge in [-0.2, -0.15) is 4.31 Å². The van der Waals surface area contributed by atoms with Crippen molar-refractivity contribution in [3.63, 3.8) is 0 Å². The van der Waals surface area contributed by atoms with E-state index in [4.69, 9.17) is 0 Å². The predicted molar refractivity (Wildman–Crippen MR) is 112 cm³/mol. The Bertz CT molecular complexity index is 1040. The molecule has 0 aliphatic carbocycles. The van der Waals surface area contributed by atoms with E-state index in [1.807, 2.05) is 0 Å². The summed E-state index contributed by atoms with van der Waals surface area (Å²) in [5.41, 5.74) is -0.131. The molecule has 31 heavy (non-hydrogen) atoms. The molecule has 0 bridgehead atoms. The van der Waals surface area contributed by atoms with Gasteiger partial charge in [-0.05, 0) is 30.2 Å². The lowest BCUT2D eigenvalue weighted by Crippen LogP contribution is -2.57. The number of nitrogens with zero attached hydrogens (tertiary/aromatic N) is 3. The van der Waals surface area contributed by atoms with Crippen molar-refractivity contribution in [2.45, 2.75) is 24.8 Å². The maximum absolute atomic E-state index is 13.9. The summed E-state index contributed by atoms with van der Waals surface area (Å²) in [7, 11) is -3.69. The fourth-order valence-corrected chi connectivity index (χ4v) is 4.76. The van der Waals surface area contributed by atoms with E-state index in [0.29, 0.717) is 0 Å². The quantitative estimate of drug-likeness (QED) is 0.722. The molecule has 1 aliphatic heterocycles. The van der Waals surface area contributed by atoms with E-state index in [1.54, 1.807) is 26.0 Å². The van der Waals surface area contributed by atoms with Crippen molar-refractivity contribution in [2.24, 2.45) is 5.92 Å². The van der Waals surface area contributed by atoms with E-state index < -0.39 is 27.8 Å². The minimum absolute atomic E-state index is 0.104. The molecule has 0 saturated carbocycles. The highest BCUT2D eigenvalue weighted by Crippen LogP contribution is 2.18. The first kappa shape index (κ1) is 22.8.